The quantitative estimate of drug-likeness (QED) is 0.667. The minimum absolute atomic E-state index is 0.0298. The Morgan fingerprint density at radius 2 is 1.95 bits per heavy atom. The summed E-state index contributed by atoms with van der Waals surface area (Å²) in [5.74, 6) is 0.317. The van der Waals surface area contributed by atoms with Crippen LogP contribution in [0.15, 0.2) is 12.7 Å². The van der Waals surface area contributed by atoms with E-state index in [0.717, 1.165) is 6.42 Å². The molecular weight excluding hydrogens is 254 g/mol. The van der Waals surface area contributed by atoms with Gasteiger partial charge in [-0.3, -0.25) is 0 Å². The lowest BCUT2D eigenvalue weighted by atomic mass is 9.91. The van der Waals surface area contributed by atoms with E-state index in [0.29, 0.717) is 12.3 Å². The zero-order valence-electron chi connectivity index (χ0n) is 14.1. The van der Waals surface area contributed by atoms with Crippen LogP contribution < -0.4 is 0 Å². The Hall–Kier alpha value is -1.03. The van der Waals surface area contributed by atoms with Gasteiger partial charge in [-0.1, -0.05) is 26.3 Å². The second kappa shape index (κ2) is 8.30. The van der Waals surface area contributed by atoms with Crippen LogP contribution in [0.3, 0.4) is 0 Å². The normalized spacial score (nSPS) is 16.1. The first-order chi connectivity index (χ1) is 9.17. The molecule has 0 fully saturated rings. The second-order valence-corrected chi connectivity index (χ2v) is 6.27. The number of amides is 1. The maximum absolute atomic E-state index is 12.3. The van der Waals surface area contributed by atoms with Crippen LogP contribution >= 0.6 is 0 Å². The van der Waals surface area contributed by atoms with Crippen LogP contribution in [0.5, 0.6) is 0 Å². The van der Waals surface area contributed by atoms with Gasteiger partial charge in [0.05, 0.1) is 12.1 Å². The summed E-state index contributed by atoms with van der Waals surface area (Å²) in [5, 5.41) is 0. The molecule has 0 aromatic carbocycles. The SMILES string of the molecule is C=CC[C@@H](OC)[C@H]([C@@H](C)CC)N(C)C(=O)OC(C)(C)C. The highest BCUT2D eigenvalue weighted by molar-refractivity contribution is 5.68. The Kier molecular flexibility index (Phi) is 7.87. The minimum Gasteiger partial charge on any atom is -0.444 e. The molecule has 0 saturated heterocycles. The molecule has 4 nitrogen and oxygen atoms in total. The van der Waals surface area contributed by atoms with E-state index in [4.69, 9.17) is 9.47 Å². The molecule has 0 aliphatic heterocycles. The van der Waals surface area contributed by atoms with Crippen LogP contribution in [-0.2, 0) is 9.47 Å². The third-order valence-corrected chi connectivity index (χ3v) is 3.44. The van der Waals surface area contributed by atoms with Gasteiger partial charge in [-0.25, -0.2) is 4.79 Å². The van der Waals surface area contributed by atoms with Gasteiger partial charge in [0, 0.05) is 14.2 Å². The van der Waals surface area contributed by atoms with Gasteiger partial charge in [0.25, 0.3) is 0 Å². The zero-order chi connectivity index (χ0) is 15.9. The van der Waals surface area contributed by atoms with E-state index in [1.807, 2.05) is 26.8 Å². The number of hydrogen-bond donors (Lipinski definition) is 0. The van der Waals surface area contributed by atoms with Crippen molar-refractivity contribution >= 4 is 6.09 Å². The number of likely N-dealkylation sites (N-methyl/N-ethyl adjacent to an activating group) is 1. The first kappa shape index (κ1) is 19.0. The van der Waals surface area contributed by atoms with Crippen molar-refractivity contribution in [3.63, 3.8) is 0 Å². The van der Waals surface area contributed by atoms with Crippen molar-refractivity contribution in [3.8, 4) is 0 Å². The highest BCUT2D eigenvalue weighted by Crippen LogP contribution is 2.23. The first-order valence-electron chi connectivity index (χ1n) is 7.27. The number of carbonyl (C=O) groups excluding carboxylic acids is 1. The van der Waals surface area contributed by atoms with E-state index in [-0.39, 0.29) is 18.2 Å². The molecule has 0 spiro atoms. The van der Waals surface area contributed by atoms with Crippen LogP contribution in [0.4, 0.5) is 4.79 Å². The van der Waals surface area contributed by atoms with E-state index in [1.54, 1.807) is 19.1 Å². The molecule has 0 aliphatic rings. The molecule has 0 aromatic heterocycles. The minimum atomic E-state index is -0.494. The van der Waals surface area contributed by atoms with Gasteiger partial charge in [-0.2, -0.15) is 0 Å². The summed E-state index contributed by atoms with van der Waals surface area (Å²) in [4.78, 5) is 13.9. The fourth-order valence-electron chi connectivity index (χ4n) is 2.23. The van der Waals surface area contributed by atoms with E-state index in [1.165, 1.54) is 0 Å². The Bertz CT molecular complexity index is 309. The summed E-state index contributed by atoms with van der Waals surface area (Å²) in [5.41, 5.74) is -0.494. The molecule has 0 heterocycles. The highest BCUT2D eigenvalue weighted by Gasteiger charge is 2.33. The second-order valence-electron chi connectivity index (χ2n) is 6.27. The average Bonchev–Trinajstić information content (AvgIpc) is 2.35. The largest absolute Gasteiger partial charge is 0.444 e. The van der Waals surface area contributed by atoms with E-state index < -0.39 is 5.60 Å². The summed E-state index contributed by atoms with van der Waals surface area (Å²) in [7, 11) is 3.45. The molecule has 20 heavy (non-hydrogen) atoms. The molecule has 0 aromatic rings. The van der Waals surface area contributed by atoms with Gasteiger partial charge in [-0.05, 0) is 33.1 Å². The van der Waals surface area contributed by atoms with Crippen LogP contribution in [0.2, 0.25) is 0 Å². The maximum Gasteiger partial charge on any atom is 0.410 e. The standard InChI is InChI=1S/C16H31NO3/c1-9-11-13(19-8)14(12(3)10-2)17(7)15(18)20-16(4,5)6/h9,12-14H,1,10-11H2,2-8H3/t12-,13+,14-/m0/s1. The molecule has 0 bridgehead atoms. The fraction of sp³-hybridized carbons (Fsp3) is 0.812. The van der Waals surface area contributed by atoms with Crippen molar-refractivity contribution in [2.24, 2.45) is 5.92 Å². The molecule has 0 radical (unpaired) electrons. The lowest BCUT2D eigenvalue weighted by Gasteiger charge is -2.38. The van der Waals surface area contributed by atoms with Crippen LogP contribution in [0.25, 0.3) is 0 Å². The number of carbonyl (C=O) groups is 1. The first-order valence-corrected chi connectivity index (χ1v) is 7.27. The molecule has 0 rings (SSSR count). The Balaban J connectivity index is 5.10. The number of hydrogen-bond acceptors (Lipinski definition) is 3. The van der Waals surface area contributed by atoms with Crippen molar-refractivity contribution in [3.05, 3.63) is 12.7 Å². The molecule has 1 amide bonds. The number of rotatable bonds is 7. The Labute approximate surface area is 124 Å². The Morgan fingerprint density at radius 3 is 2.30 bits per heavy atom. The predicted octanol–water partition coefficient (Wildman–Crippen LogP) is 3.86. The van der Waals surface area contributed by atoms with Crippen molar-refractivity contribution in [2.75, 3.05) is 14.2 Å². The van der Waals surface area contributed by atoms with Gasteiger partial charge < -0.3 is 14.4 Å². The molecule has 0 aliphatic carbocycles. The highest BCUT2D eigenvalue weighted by atomic mass is 16.6. The van der Waals surface area contributed by atoms with Crippen molar-refractivity contribution < 1.29 is 14.3 Å². The summed E-state index contributed by atoms with van der Waals surface area (Å²) in [6.07, 6.45) is 3.12. The topological polar surface area (TPSA) is 38.8 Å². The molecule has 4 heteroatoms. The summed E-state index contributed by atoms with van der Waals surface area (Å²) < 4.78 is 11.0. The number of ether oxygens (including phenoxy) is 2. The maximum atomic E-state index is 12.3. The number of methoxy groups -OCH3 is 1. The lowest BCUT2D eigenvalue weighted by Crippen LogP contribution is -2.50. The molecule has 118 valence electrons. The van der Waals surface area contributed by atoms with Crippen molar-refractivity contribution in [1.82, 2.24) is 4.90 Å². The van der Waals surface area contributed by atoms with Gasteiger partial charge in [0.2, 0.25) is 0 Å². The molecule has 0 N–H and O–H groups in total. The zero-order valence-corrected chi connectivity index (χ0v) is 14.1. The van der Waals surface area contributed by atoms with Gasteiger partial charge in [0.15, 0.2) is 0 Å². The Morgan fingerprint density at radius 1 is 1.40 bits per heavy atom. The smallest absolute Gasteiger partial charge is 0.410 e. The van der Waals surface area contributed by atoms with E-state index in [2.05, 4.69) is 20.4 Å². The molecule has 3 atom stereocenters. The van der Waals surface area contributed by atoms with Gasteiger partial charge in [0.1, 0.15) is 5.60 Å². The van der Waals surface area contributed by atoms with E-state index >= 15 is 0 Å². The summed E-state index contributed by atoms with van der Waals surface area (Å²) in [6, 6.07) is -0.0298. The van der Waals surface area contributed by atoms with Crippen LogP contribution in [0.1, 0.15) is 47.5 Å². The van der Waals surface area contributed by atoms with E-state index in [9.17, 15) is 4.79 Å². The number of nitrogens with zero attached hydrogens (tertiary/aromatic N) is 1. The van der Waals surface area contributed by atoms with Gasteiger partial charge >= 0.3 is 6.09 Å². The molecule has 0 unspecified atom stereocenters. The monoisotopic (exact) mass is 285 g/mol. The average molecular weight is 285 g/mol. The van der Waals surface area contributed by atoms with Gasteiger partial charge in [-0.15, -0.1) is 6.58 Å². The third-order valence-electron chi connectivity index (χ3n) is 3.44. The molecular formula is C16H31NO3. The summed E-state index contributed by atoms with van der Waals surface area (Å²) >= 11 is 0. The molecule has 0 saturated carbocycles. The van der Waals surface area contributed by atoms with Crippen LogP contribution in [-0.4, -0.2) is 42.9 Å². The predicted molar refractivity (Wildman–Crippen MR) is 82.9 cm³/mol. The van der Waals surface area contributed by atoms with Crippen molar-refractivity contribution in [1.29, 1.82) is 0 Å². The fourth-order valence-corrected chi connectivity index (χ4v) is 2.23. The third kappa shape index (κ3) is 5.95. The summed E-state index contributed by atoms with van der Waals surface area (Å²) in [6.45, 7) is 13.6. The lowest BCUT2D eigenvalue weighted by molar-refractivity contribution is -0.0225. The van der Waals surface area contributed by atoms with Crippen molar-refractivity contribution in [2.45, 2.75) is 65.2 Å². The van der Waals surface area contributed by atoms with Crippen LogP contribution in [0, 0.1) is 5.92 Å².